The molecular formula is C17H14O7. The Balaban J connectivity index is 2.11. The van der Waals surface area contributed by atoms with E-state index in [1.807, 2.05) is 0 Å². The van der Waals surface area contributed by atoms with Gasteiger partial charge in [-0.25, -0.2) is 0 Å². The number of carbonyl (C=O) groups excluding carboxylic acids is 1. The second-order valence-corrected chi connectivity index (χ2v) is 5.16. The second-order valence-electron chi connectivity index (χ2n) is 5.16. The maximum atomic E-state index is 12.6. The number of Topliss-reactive ketones (excluding diaryl/α,β-unsaturated/α-hetero) is 1. The SMILES string of the molecule is COc1c(O)c(O)c(O)c2c1OCC(=Cc1ccc(O)cc1)C2=O. The first kappa shape index (κ1) is 15.5. The molecule has 2 aromatic carbocycles. The van der Waals surface area contributed by atoms with E-state index in [0.717, 1.165) is 0 Å². The summed E-state index contributed by atoms with van der Waals surface area (Å²) in [4.78, 5) is 12.6. The highest BCUT2D eigenvalue weighted by Crippen LogP contribution is 2.53. The van der Waals surface area contributed by atoms with Gasteiger partial charge >= 0.3 is 0 Å². The van der Waals surface area contributed by atoms with Crippen molar-refractivity contribution in [2.24, 2.45) is 0 Å². The first-order valence-corrected chi connectivity index (χ1v) is 6.96. The molecule has 0 aliphatic carbocycles. The minimum atomic E-state index is -0.853. The molecule has 0 amide bonds. The highest BCUT2D eigenvalue weighted by atomic mass is 16.5. The largest absolute Gasteiger partial charge is 0.508 e. The molecule has 1 aliphatic rings. The fourth-order valence-electron chi connectivity index (χ4n) is 2.46. The summed E-state index contributed by atoms with van der Waals surface area (Å²) in [7, 11) is 1.24. The first-order valence-electron chi connectivity index (χ1n) is 6.96. The predicted molar refractivity (Wildman–Crippen MR) is 83.9 cm³/mol. The zero-order chi connectivity index (χ0) is 17.4. The van der Waals surface area contributed by atoms with Gasteiger partial charge < -0.3 is 29.9 Å². The number of methoxy groups -OCH3 is 1. The van der Waals surface area contributed by atoms with Gasteiger partial charge in [0.05, 0.1) is 7.11 Å². The molecule has 0 unspecified atom stereocenters. The van der Waals surface area contributed by atoms with Crippen molar-refractivity contribution >= 4 is 11.9 Å². The van der Waals surface area contributed by atoms with Gasteiger partial charge in [0, 0.05) is 5.57 Å². The molecule has 24 heavy (non-hydrogen) atoms. The van der Waals surface area contributed by atoms with Crippen LogP contribution in [0, 0.1) is 0 Å². The van der Waals surface area contributed by atoms with Crippen molar-refractivity contribution in [1.29, 1.82) is 0 Å². The molecule has 0 bridgehead atoms. The number of hydrogen-bond acceptors (Lipinski definition) is 7. The average Bonchev–Trinajstić information content (AvgIpc) is 2.57. The number of phenolic OH excluding ortho intramolecular Hbond substituents is 4. The predicted octanol–water partition coefficient (Wildman–Crippen LogP) is 2.18. The Labute approximate surface area is 136 Å². The molecule has 0 saturated heterocycles. The van der Waals surface area contributed by atoms with E-state index in [1.54, 1.807) is 18.2 Å². The van der Waals surface area contributed by atoms with Crippen LogP contribution >= 0.6 is 0 Å². The second kappa shape index (κ2) is 5.69. The number of ether oxygens (including phenoxy) is 2. The summed E-state index contributed by atoms with van der Waals surface area (Å²) < 4.78 is 10.4. The molecule has 4 N–H and O–H groups in total. The van der Waals surface area contributed by atoms with Crippen LogP contribution < -0.4 is 9.47 Å². The van der Waals surface area contributed by atoms with Crippen LogP contribution in [0.4, 0.5) is 0 Å². The standard InChI is InChI=1S/C17H14O7/c1-23-17-15(22)14(21)13(20)11-12(19)9(7-24-16(11)17)6-8-2-4-10(18)5-3-8/h2-6,18,20-22H,7H2,1H3. The summed E-state index contributed by atoms with van der Waals surface area (Å²) in [5.74, 6) is -3.15. The topological polar surface area (TPSA) is 116 Å². The number of aromatic hydroxyl groups is 4. The lowest BCUT2D eigenvalue weighted by molar-refractivity contribution is 0.0994. The molecule has 0 atom stereocenters. The van der Waals surface area contributed by atoms with E-state index in [-0.39, 0.29) is 35.0 Å². The van der Waals surface area contributed by atoms with Crippen LogP contribution in [0.15, 0.2) is 29.8 Å². The molecule has 0 fully saturated rings. The number of carbonyl (C=O) groups is 1. The lowest BCUT2D eigenvalue weighted by Crippen LogP contribution is -2.20. The molecule has 0 aromatic heterocycles. The number of benzene rings is 2. The zero-order valence-corrected chi connectivity index (χ0v) is 12.6. The average molecular weight is 330 g/mol. The third-order valence-corrected chi connectivity index (χ3v) is 3.66. The Morgan fingerprint density at radius 1 is 1.04 bits per heavy atom. The molecular weight excluding hydrogens is 316 g/mol. The number of phenols is 4. The van der Waals surface area contributed by atoms with E-state index < -0.39 is 23.0 Å². The summed E-state index contributed by atoms with van der Waals surface area (Å²) in [5, 5.41) is 38.8. The fraction of sp³-hybridized carbons (Fsp3) is 0.118. The smallest absolute Gasteiger partial charge is 0.208 e. The minimum absolute atomic E-state index is 0.0940. The highest BCUT2D eigenvalue weighted by Gasteiger charge is 2.34. The third-order valence-electron chi connectivity index (χ3n) is 3.66. The van der Waals surface area contributed by atoms with E-state index in [1.165, 1.54) is 19.2 Å². The van der Waals surface area contributed by atoms with Gasteiger partial charge in [0.2, 0.25) is 17.2 Å². The summed E-state index contributed by atoms with van der Waals surface area (Å²) in [6.07, 6.45) is 1.54. The maximum absolute atomic E-state index is 12.6. The Bertz CT molecular complexity index is 850. The van der Waals surface area contributed by atoms with E-state index in [4.69, 9.17) is 9.47 Å². The van der Waals surface area contributed by atoms with Gasteiger partial charge in [-0.05, 0) is 23.8 Å². The zero-order valence-electron chi connectivity index (χ0n) is 12.6. The van der Waals surface area contributed by atoms with Gasteiger partial charge in [-0.2, -0.15) is 0 Å². The molecule has 2 aromatic rings. The highest BCUT2D eigenvalue weighted by molar-refractivity contribution is 6.16. The Morgan fingerprint density at radius 3 is 2.33 bits per heavy atom. The maximum Gasteiger partial charge on any atom is 0.208 e. The van der Waals surface area contributed by atoms with Gasteiger partial charge in [0.1, 0.15) is 17.9 Å². The van der Waals surface area contributed by atoms with Crippen molar-refractivity contribution in [3.8, 4) is 34.5 Å². The van der Waals surface area contributed by atoms with Crippen LogP contribution in [-0.4, -0.2) is 39.9 Å². The lowest BCUT2D eigenvalue weighted by Gasteiger charge is -2.23. The van der Waals surface area contributed by atoms with Gasteiger partial charge in [0.25, 0.3) is 0 Å². The number of fused-ring (bicyclic) bond motifs is 1. The van der Waals surface area contributed by atoms with E-state index in [0.29, 0.717) is 5.56 Å². The Kier molecular flexibility index (Phi) is 3.69. The summed E-state index contributed by atoms with van der Waals surface area (Å²) in [5.41, 5.74) is 0.603. The summed E-state index contributed by atoms with van der Waals surface area (Å²) in [6.45, 7) is -0.104. The van der Waals surface area contributed by atoms with Crippen LogP contribution in [0.25, 0.3) is 6.08 Å². The first-order chi connectivity index (χ1) is 11.4. The van der Waals surface area contributed by atoms with Crippen molar-refractivity contribution in [1.82, 2.24) is 0 Å². The monoisotopic (exact) mass is 330 g/mol. The molecule has 7 nitrogen and oxygen atoms in total. The van der Waals surface area contributed by atoms with Crippen LogP contribution in [0.5, 0.6) is 34.5 Å². The van der Waals surface area contributed by atoms with Crippen molar-refractivity contribution in [3.05, 3.63) is 41.0 Å². The van der Waals surface area contributed by atoms with Gasteiger partial charge in [-0.15, -0.1) is 0 Å². The molecule has 7 heteroatoms. The third kappa shape index (κ3) is 2.36. The fourth-order valence-corrected chi connectivity index (χ4v) is 2.46. The number of hydrogen-bond donors (Lipinski definition) is 4. The number of ketones is 1. The quantitative estimate of drug-likeness (QED) is 0.492. The van der Waals surface area contributed by atoms with Gasteiger partial charge in [-0.1, -0.05) is 12.1 Å². The van der Waals surface area contributed by atoms with Gasteiger partial charge in [-0.3, -0.25) is 4.79 Å². The molecule has 3 rings (SSSR count). The lowest BCUT2D eigenvalue weighted by atomic mass is 9.96. The molecule has 0 saturated carbocycles. The Morgan fingerprint density at radius 2 is 1.71 bits per heavy atom. The Hall–Kier alpha value is -3.35. The van der Waals surface area contributed by atoms with Crippen LogP contribution in [0.2, 0.25) is 0 Å². The van der Waals surface area contributed by atoms with Crippen LogP contribution in [0.1, 0.15) is 15.9 Å². The van der Waals surface area contributed by atoms with Crippen molar-refractivity contribution in [2.75, 3.05) is 13.7 Å². The molecule has 0 radical (unpaired) electrons. The van der Waals surface area contributed by atoms with E-state index in [9.17, 15) is 25.2 Å². The van der Waals surface area contributed by atoms with Gasteiger partial charge in [0.15, 0.2) is 17.3 Å². The normalized spacial score (nSPS) is 15.0. The van der Waals surface area contributed by atoms with Crippen molar-refractivity contribution in [3.63, 3.8) is 0 Å². The molecule has 124 valence electrons. The van der Waals surface area contributed by atoms with E-state index in [2.05, 4.69) is 0 Å². The van der Waals surface area contributed by atoms with Crippen LogP contribution in [0.3, 0.4) is 0 Å². The molecule has 0 spiro atoms. The van der Waals surface area contributed by atoms with E-state index >= 15 is 0 Å². The molecule has 1 heterocycles. The van der Waals surface area contributed by atoms with Crippen molar-refractivity contribution in [2.45, 2.75) is 0 Å². The summed E-state index contributed by atoms with van der Waals surface area (Å²) in [6, 6.07) is 6.16. The van der Waals surface area contributed by atoms with Crippen molar-refractivity contribution < 1.29 is 34.7 Å². The minimum Gasteiger partial charge on any atom is -0.508 e. The van der Waals surface area contributed by atoms with Crippen LogP contribution in [-0.2, 0) is 0 Å². The molecule has 1 aliphatic heterocycles. The number of rotatable bonds is 2. The summed E-state index contributed by atoms with van der Waals surface area (Å²) >= 11 is 0.